The average Bonchev–Trinajstić information content (AvgIpc) is 2.94. The Balaban J connectivity index is 1.57. The highest BCUT2D eigenvalue weighted by Crippen LogP contribution is 2.33. The van der Waals surface area contributed by atoms with E-state index >= 15 is 0 Å². The van der Waals surface area contributed by atoms with Crippen LogP contribution in [0.2, 0.25) is 0 Å². The number of ether oxygens (including phenoxy) is 1. The molecule has 0 saturated heterocycles. The number of carbonyl (C=O) groups excluding carboxylic acids is 3. The second kappa shape index (κ2) is 7.12. The van der Waals surface area contributed by atoms with Crippen molar-refractivity contribution < 1.29 is 24.2 Å². The van der Waals surface area contributed by atoms with Crippen LogP contribution >= 0.6 is 0 Å². The molecule has 29 heavy (non-hydrogen) atoms. The van der Waals surface area contributed by atoms with Crippen molar-refractivity contribution in [3.63, 3.8) is 0 Å². The van der Waals surface area contributed by atoms with Crippen molar-refractivity contribution in [1.82, 2.24) is 0 Å². The lowest BCUT2D eigenvalue weighted by molar-refractivity contribution is -0.114. The fourth-order valence-electron chi connectivity index (χ4n) is 3.07. The number of hydrogen-bond acceptors (Lipinski definition) is 5. The second-order valence-corrected chi connectivity index (χ2v) is 6.48. The zero-order valence-corrected chi connectivity index (χ0v) is 15.4. The van der Waals surface area contributed by atoms with E-state index < -0.39 is 11.8 Å². The minimum absolute atomic E-state index is 0.0468. The van der Waals surface area contributed by atoms with Crippen molar-refractivity contribution in [3.05, 3.63) is 77.9 Å². The Morgan fingerprint density at radius 2 is 1.48 bits per heavy atom. The van der Waals surface area contributed by atoms with Gasteiger partial charge in [-0.2, -0.15) is 0 Å². The monoisotopic (exact) mass is 388 g/mol. The standard InChI is InChI=1S/C22H16N2O5/c1-13(25)23-14-2-8-17(9-3-14)29-18-10-11-19-20(12-18)22(28)24(21(19)27)15-4-6-16(26)7-5-15/h2-12,26H,1H3,(H,23,25). The molecule has 0 radical (unpaired) electrons. The number of phenolic OH excluding ortho intramolecular Hbond substituents is 1. The molecule has 7 heteroatoms. The van der Waals surface area contributed by atoms with E-state index in [-0.39, 0.29) is 22.8 Å². The van der Waals surface area contributed by atoms with E-state index in [0.717, 1.165) is 4.90 Å². The second-order valence-electron chi connectivity index (χ2n) is 6.48. The van der Waals surface area contributed by atoms with Crippen LogP contribution in [0.25, 0.3) is 0 Å². The topological polar surface area (TPSA) is 95.9 Å². The molecule has 0 atom stereocenters. The first-order valence-corrected chi connectivity index (χ1v) is 8.80. The third kappa shape index (κ3) is 3.53. The van der Waals surface area contributed by atoms with Gasteiger partial charge in [0.05, 0.1) is 16.8 Å². The summed E-state index contributed by atoms with van der Waals surface area (Å²) >= 11 is 0. The number of nitrogens with one attached hydrogen (secondary N) is 1. The number of benzene rings is 3. The SMILES string of the molecule is CC(=O)Nc1ccc(Oc2ccc3c(c2)C(=O)N(c2ccc(O)cc2)C3=O)cc1. The molecule has 3 aromatic rings. The third-order valence-electron chi connectivity index (χ3n) is 4.38. The van der Waals surface area contributed by atoms with Gasteiger partial charge in [0.15, 0.2) is 0 Å². The predicted molar refractivity (Wildman–Crippen MR) is 107 cm³/mol. The molecule has 1 aliphatic heterocycles. The van der Waals surface area contributed by atoms with Crippen molar-refractivity contribution in [2.24, 2.45) is 0 Å². The number of fused-ring (bicyclic) bond motifs is 1. The maximum atomic E-state index is 12.8. The molecule has 3 aromatic carbocycles. The molecule has 0 spiro atoms. The molecule has 4 rings (SSSR count). The Kier molecular flexibility index (Phi) is 4.48. The van der Waals surface area contributed by atoms with E-state index in [1.165, 1.54) is 37.3 Å². The van der Waals surface area contributed by atoms with Crippen molar-refractivity contribution in [2.75, 3.05) is 10.2 Å². The molecule has 0 bridgehead atoms. The first kappa shape index (κ1) is 18.2. The van der Waals surface area contributed by atoms with E-state index in [1.807, 2.05) is 0 Å². The summed E-state index contributed by atoms with van der Waals surface area (Å²) in [7, 11) is 0. The Morgan fingerprint density at radius 3 is 2.14 bits per heavy atom. The summed E-state index contributed by atoms with van der Waals surface area (Å²) in [5, 5.41) is 12.1. The summed E-state index contributed by atoms with van der Waals surface area (Å²) in [4.78, 5) is 37.6. The summed E-state index contributed by atoms with van der Waals surface area (Å²) in [5.74, 6) is -0.0794. The van der Waals surface area contributed by atoms with Gasteiger partial charge in [-0.15, -0.1) is 0 Å². The summed E-state index contributed by atoms with van der Waals surface area (Å²) in [6, 6.07) is 17.3. The third-order valence-corrected chi connectivity index (χ3v) is 4.38. The molecule has 7 nitrogen and oxygen atoms in total. The summed E-state index contributed by atoms with van der Waals surface area (Å²) in [6.45, 7) is 1.43. The van der Waals surface area contributed by atoms with E-state index in [0.29, 0.717) is 22.9 Å². The maximum Gasteiger partial charge on any atom is 0.266 e. The number of nitrogens with zero attached hydrogens (tertiary/aromatic N) is 1. The lowest BCUT2D eigenvalue weighted by Gasteiger charge is -2.13. The maximum absolute atomic E-state index is 12.8. The van der Waals surface area contributed by atoms with Crippen molar-refractivity contribution in [2.45, 2.75) is 6.92 Å². The zero-order valence-electron chi connectivity index (χ0n) is 15.4. The van der Waals surface area contributed by atoms with Crippen LogP contribution < -0.4 is 15.0 Å². The van der Waals surface area contributed by atoms with Gasteiger partial charge < -0.3 is 15.2 Å². The number of anilines is 2. The van der Waals surface area contributed by atoms with Crippen LogP contribution in [-0.2, 0) is 4.79 Å². The van der Waals surface area contributed by atoms with E-state index in [9.17, 15) is 19.5 Å². The molecule has 0 aromatic heterocycles. The van der Waals surface area contributed by atoms with E-state index in [2.05, 4.69) is 5.32 Å². The van der Waals surface area contributed by atoms with Gasteiger partial charge in [0, 0.05) is 12.6 Å². The quantitative estimate of drug-likeness (QED) is 0.660. The molecule has 1 aliphatic rings. The molecule has 144 valence electrons. The van der Waals surface area contributed by atoms with Gasteiger partial charge in [0.2, 0.25) is 5.91 Å². The Hall–Kier alpha value is -4.13. The molecule has 0 fully saturated rings. The fourth-order valence-corrected chi connectivity index (χ4v) is 3.07. The highest BCUT2D eigenvalue weighted by atomic mass is 16.5. The van der Waals surface area contributed by atoms with Crippen LogP contribution in [0, 0.1) is 0 Å². The summed E-state index contributed by atoms with van der Waals surface area (Å²) in [5.41, 5.74) is 1.56. The minimum atomic E-state index is -0.456. The first-order chi connectivity index (χ1) is 13.9. The Bertz CT molecular complexity index is 1120. The molecule has 0 aliphatic carbocycles. The molecule has 0 saturated carbocycles. The van der Waals surface area contributed by atoms with Crippen LogP contribution in [-0.4, -0.2) is 22.8 Å². The van der Waals surface area contributed by atoms with Crippen molar-refractivity contribution in [1.29, 1.82) is 0 Å². The summed E-state index contributed by atoms with van der Waals surface area (Å²) in [6.07, 6.45) is 0. The van der Waals surface area contributed by atoms with Gasteiger partial charge in [-0.3, -0.25) is 14.4 Å². The largest absolute Gasteiger partial charge is 0.508 e. The molecule has 0 unspecified atom stereocenters. The van der Waals surface area contributed by atoms with Gasteiger partial charge in [-0.05, 0) is 66.7 Å². The molecule has 1 heterocycles. The predicted octanol–water partition coefficient (Wildman–Crippen LogP) is 3.94. The minimum Gasteiger partial charge on any atom is -0.508 e. The smallest absolute Gasteiger partial charge is 0.266 e. The Morgan fingerprint density at radius 1 is 0.862 bits per heavy atom. The van der Waals surface area contributed by atoms with Gasteiger partial charge in [0.1, 0.15) is 17.2 Å². The highest BCUT2D eigenvalue weighted by molar-refractivity contribution is 6.34. The number of carbonyl (C=O) groups is 3. The molecule has 3 amide bonds. The van der Waals surface area contributed by atoms with Gasteiger partial charge >= 0.3 is 0 Å². The fraction of sp³-hybridized carbons (Fsp3) is 0.0455. The first-order valence-electron chi connectivity index (χ1n) is 8.80. The van der Waals surface area contributed by atoms with Gasteiger partial charge in [-0.25, -0.2) is 4.90 Å². The van der Waals surface area contributed by atoms with Crippen molar-refractivity contribution in [3.8, 4) is 17.2 Å². The van der Waals surface area contributed by atoms with Gasteiger partial charge in [-0.1, -0.05) is 0 Å². The average molecular weight is 388 g/mol. The molecular formula is C22H16N2O5. The highest BCUT2D eigenvalue weighted by Gasteiger charge is 2.37. The number of amides is 3. The zero-order chi connectivity index (χ0) is 20.5. The number of aromatic hydroxyl groups is 1. The normalized spacial score (nSPS) is 12.7. The lowest BCUT2D eigenvalue weighted by Crippen LogP contribution is -2.29. The van der Waals surface area contributed by atoms with Crippen molar-refractivity contribution >= 4 is 29.1 Å². The van der Waals surface area contributed by atoms with Crippen LogP contribution in [0.3, 0.4) is 0 Å². The lowest BCUT2D eigenvalue weighted by atomic mass is 10.1. The molecular weight excluding hydrogens is 372 g/mol. The molecule has 2 N–H and O–H groups in total. The number of hydrogen-bond donors (Lipinski definition) is 2. The van der Waals surface area contributed by atoms with Gasteiger partial charge in [0.25, 0.3) is 11.8 Å². The van der Waals surface area contributed by atoms with E-state index in [4.69, 9.17) is 4.74 Å². The number of imide groups is 1. The van der Waals surface area contributed by atoms with Crippen LogP contribution in [0.5, 0.6) is 17.2 Å². The summed E-state index contributed by atoms with van der Waals surface area (Å²) < 4.78 is 5.78. The van der Waals surface area contributed by atoms with Crippen LogP contribution in [0.4, 0.5) is 11.4 Å². The van der Waals surface area contributed by atoms with Crippen LogP contribution in [0.1, 0.15) is 27.6 Å². The number of rotatable bonds is 4. The Labute approximate surface area is 166 Å². The number of phenols is 1. The van der Waals surface area contributed by atoms with E-state index in [1.54, 1.807) is 36.4 Å². The van der Waals surface area contributed by atoms with Crippen LogP contribution in [0.15, 0.2) is 66.7 Å².